The number of likely N-dealkylation sites (tertiary alicyclic amines) is 1. The second kappa shape index (κ2) is 8.12. The van der Waals surface area contributed by atoms with E-state index in [0.717, 1.165) is 5.92 Å². The minimum Gasteiger partial charge on any atom is -0.315 e. The third kappa shape index (κ3) is 6.16. The van der Waals surface area contributed by atoms with Crippen molar-refractivity contribution in [1.29, 1.82) is 0 Å². The molecule has 0 amide bonds. The van der Waals surface area contributed by atoms with Crippen LogP contribution in [0.25, 0.3) is 0 Å². The Bertz CT molecular complexity index is 139. The fraction of sp³-hybridized carbons (Fsp3) is 1.00. The highest BCUT2D eigenvalue weighted by molar-refractivity contribution is 4.69. The molecule has 15 heavy (non-hydrogen) atoms. The Labute approximate surface area is 95.4 Å². The van der Waals surface area contributed by atoms with Crippen molar-refractivity contribution in [1.82, 2.24) is 10.2 Å². The van der Waals surface area contributed by atoms with Crippen LogP contribution < -0.4 is 5.32 Å². The minimum atomic E-state index is 0.957. The number of unbranched alkanes of at least 4 members (excludes halogenated alkanes) is 2. The highest BCUT2D eigenvalue weighted by Gasteiger charge is 2.14. The molecule has 90 valence electrons. The third-order valence-electron chi connectivity index (χ3n) is 3.44. The van der Waals surface area contributed by atoms with Crippen molar-refractivity contribution in [2.75, 3.05) is 32.7 Å². The van der Waals surface area contributed by atoms with Gasteiger partial charge < -0.3 is 10.2 Å². The van der Waals surface area contributed by atoms with E-state index in [1.807, 2.05) is 0 Å². The van der Waals surface area contributed by atoms with Crippen molar-refractivity contribution < 1.29 is 0 Å². The molecule has 1 rings (SSSR count). The van der Waals surface area contributed by atoms with Crippen LogP contribution in [-0.2, 0) is 0 Å². The fourth-order valence-corrected chi connectivity index (χ4v) is 2.15. The van der Waals surface area contributed by atoms with Gasteiger partial charge in [0.25, 0.3) is 0 Å². The smallest absolute Gasteiger partial charge is 0.0107 e. The summed E-state index contributed by atoms with van der Waals surface area (Å²) in [4.78, 5) is 2.60. The summed E-state index contributed by atoms with van der Waals surface area (Å²) in [5, 5.41) is 3.54. The van der Waals surface area contributed by atoms with Crippen LogP contribution in [0.3, 0.4) is 0 Å². The second-order valence-corrected chi connectivity index (χ2v) is 4.98. The maximum Gasteiger partial charge on any atom is 0.0107 e. The Hall–Kier alpha value is -0.0800. The van der Waals surface area contributed by atoms with Gasteiger partial charge in [0.1, 0.15) is 0 Å². The average molecular weight is 212 g/mol. The van der Waals surface area contributed by atoms with Gasteiger partial charge in [-0.25, -0.2) is 0 Å². The zero-order valence-corrected chi connectivity index (χ0v) is 10.6. The number of nitrogens with one attached hydrogen (secondary N) is 1. The van der Waals surface area contributed by atoms with Gasteiger partial charge in [-0.15, -0.1) is 0 Å². The summed E-state index contributed by atoms with van der Waals surface area (Å²) < 4.78 is 0. The van der Waals surface area contributed by atoms with Crippen molar-refractivity contribution in [2.45, 2.75) is 46.0 Å². The zero-order chi connectivity index (χ0) is 10.9. The first-order valence-electron chi connectivity index (χ1n) is 6.76. The summed E-state index contributed by atoms with van der Waals surface area (Å²) in [6.45, 7) is 10.9. The minimum absolute atomic E-state index is 0.957. The monoisotopic (exact) mass is 212 g/mol. The van der Waals surface area contributed by atoms with Gasteiger partial charge in [0, 0.05) is 13.1 Å². The van der Waals surface area contributed by atoms with Crippen LogP contribution in [0.2, 0.25) is 0 Å². The topological polar surface area (TPSA) is 15.3 Å². The van der Waals surface area contributed by atoms with Crippen molar-refractivity contribution in [3.63, 3.8) is 0 Å². The summed E-state index contributed by atoms with van der Waals surface area (Å²) in [6.07, 6.45) is 6.83. The summed E-state index contributed by atoms with van der Waals surface area (Å²) in [7, 11) is 0. The molecule has 0 aromatic carbocycles. The molecule has 0 radical (unpaired) electrons. The van der Waals surface area contributed by atoms with Gasteiger partial charge in [0.15, 0.2) is 0 Å². The summed E-state index contributed by atoms with van der Waals surface area (Å²) in [5.74, 6) is 0.957. The van der Waals surface area contributed by atoms with Crippen LogP contribution in [-0.4, -0.2) is 37.6 Å². The number of nitrogens with zero attached hydrogens (tertiary/aromatic N) is 1. The summed E-state index contributed by atoms with van der Waals surface area (Å²) in [6, 6.07) is 0. The predicted octanol–water partition coefficient (Wildman–Crippen LogP) is 2.50. The Morgan fingerprint density at radius 2 is 1.87 bits per heavy atom. The molecule has 1 heterocycles. The molecule has 1 aliphatic rings. The quantitative estimate of drug-likeness (QED) is 0.652. The van der Waals surface area contributed by atoms with E-state index in [-0.39, 0.29) is 0 Å². The number of rotatable bonds is 7. The summed E-state index contributed by atoms with van der Waals surface area (Å²) >= 11 is 0. The van der Waals surface area contributed by atoms with E-state index in [0.29, 0.717) is 0 Å². The lowest BCUT2D eigenvalue weighted by Crippen LogP contribution is -2.37. The van der Waals surface area contributed by atoms with E-state index in [2.05, 4.69) is 24.1 Å². The molecule has 0 aromatic heterocycles. The largest absolute Gasteiger partial charge is 0.315 e. The maximum absolute atomic E-state index is 3.54. The molecule has 1 N–H and O–H groups in total. The molecule has 1 saturated heterocycles. The van der Waals surface area contributed by atoms with E-state index in [4.69, 9.17) is 0 Å². The molecule has 1 aliphatic heterocycles. The van der Waals surface area contributed by atoms with Crippen LogP contribution >= 0.6 is 0 Å². The van der Waals surface area contributed by atoms with Gasteiger partial charge >= 0.3 is 0 Å². The fourth-order valence-electron chi connectivity index (χ4n) is 2.15. The molecule has 0 unspecified atom stereocenters. The molecule has 0 spiro atoms. The van der Waals surface area contributed by atoms with Crippen molar-refractivity contribution >= 4 is 0 Å². The lowest BCUT2D eigenvalue weighted by molar-refractivity contribution is 0.193. The molecule has 1 fully saturated rings. The van der Waals surface area contributed by atoms with Gasteiger partial charge in [-0.2, -0.15) is 0 Å². The lowest BCUT2D eigenvalue weighted by Gasteiger charge is -2.30. The van der Waals surface area contributed by atoms with E-state index in [9.17, 15) is 0 Å². The Kier molecular flexibility index (Phi) is 7.03. The highest BCUT2D eigenvalue weighted by atomic mass is 15.1. The second-order valence-electron chi connectivity index (χ2n) is 4.98. The number of hydrogen-bond donors (Lipinski definition) is 1. The molecular weight excluding hydrogens is 184 g/mol. The Morgan fingerprint density at radius 3 is 2.53 bits per heavy atom. The standard InChI is InChI=1S/C13H28N2/c1-3-4-5-8-14-9-12-15-10-6-13(2)7-11-15/h13-14H,3-12H2,1-2H3. The SMILES string of the molecule is CCCCCNCCN1CCC(C)CC1. The number of hydrogen-bond acceptors (Lipinski definition) is 2. The average Bonchev–Trinajstić information content (AvgIpc) is 2.26. The van der Waals surface area contributed by atoms with E-state index in [1.165, 1.54) is 64.8 Å². The van der Waals surface area contributed by atoms with Crippen LogP contribution in [0, 0.1) is 5.92 Å². The Balaban J connectivity index is 1.87. The first kappa shape index (κ1) is 13.0. The first-order valence-corrected chi connectivity index (χ1v) is 6.76. The maximum atomic E-state index is 3.54. The molecule has 2 heteroatoms. The molecule has 0 bridgehead atoms. The van der Waals surface area contributed by atoms with Gasteiger partial charge in [0.2, 0.25) is 0 Å². The molecule has 0 saturated carbocycles. The molecule has 0 aliphatic carbocycles. The van der Waals surface area contributed by atoms with E-state index >= 15 is 0 Å². The lowest BCUT2D eigenvalue weighted by atomic mass is 9.99. The summed E-state index contributed by atoms with van der Waals surface area (Å²) in [5.41, 5.74) is 0. The zero-order valence-electron chi connectivity index (χ0n) is 10.6. The Morgan fingerprint density at radius 1 is 1.13 bits per heavy atom. The van der Waals surface area contributed by atoms with Crippen LogP contribution in [0.5, 0.6) is 0 Å². The van der Waals surface area contributed by atoms with Crippen molar-refractivity contribution in [3.8, 4) is 0 Å². The van der Waals surface area contributed by atoms with Crippen LogP contribution in [0.4, 0.5) is 0 Å². The molecule has 0 aromatic rings. The molecule has 2 nitrogen and oxygen atoms in total. The molecular formula is C13H28N2. The van der Waals surface area contributed by atoms with Crippen LogP contribution in [0.1, 0.15) is 46.0 Å². The van der Waals surface area contributed by atoms with Crippen molar-refractivity contribution in [2.24, 2.45) is 5.92 Å². The highest BCUT2D eigenvalue weighted by Crippen LogP contribution is 2.14. The normalized spacial score (nSPS) is 19.6. The van der Waals surface area contributed by atoms with Crippen molar-refractivity contribution in [3.05, 3.63) is 0 Å². The third-order valence-corrected chi connectivity index (χ3v) is 3.44. The van der Waals surface area contributed by atoms with Gasteiger partial charge in [-0.1, -0.05) is 26.7 Å². The van der Waals surface area contributed by atoms with E-state index in [1.54, 1.807) is 0 Å². The number of piperidine rings is 1. The first-order chi connectivity index (χ1) is 7.33. The molecule has 0 atom stereocenters. The van der Waals surface area contributed by atoms with Gasteiger partial charge in [-0.05, 0) is 44.8 Å². The predicted molar refractivity (Wildman–Crippen MR) is 67.2 cm³/mol. The van der Waals surface area contributed by atoms with Gasteiger partial charge in [-0.3, -0.25) is 0 Å². The van der Waals surface area contributed by atoms with E-state index < -0.39 is 0 Å². The van der Waals surface area contributed by atoms with Crippen LogP contribution in [0.15, 0.2) is 0 Å². The van der Waals surface area contributed by atoms with Gasteiger partial charge in [0.05, 0.1) is 0 Å².